The van der Waals surface area contributed by atoms with Crippen molar-refractivity contribution in [3.05, 3.63) is 78.1 Å². The second-order valence-electron chi connectivity index (χ2n) is 4.38. The number of hydrogen-bond acceptors (Lipinski definition) is 1. The van der Waals surface area contributed by atoms with Gasteiger partial charge in [0.15, 0.2) is 0 Å². The van der Waals surface area contributed by atoms with Gasteiger partial charge in [-0.1, -0.05) is 49.6 Å². The number of benzene rings is 2. The molecule has 0 fully saturated rings. The van der Waals surface area contributed by atoms with E-state index in [2.05, 4.69) is 18.5 Å². The summed E-state index contributed by atoms with van der Waals surface area (Å²) < 4.78 is 13.8. The molecule has 0 saturated heterocycles. The number of aryl methyl sites for hydroxylation is 1. The van der Waals surface area contributed by atoms with Crippen LogP contribution in [0.25, 0.3) is 11.8 Å². The molecule has 19 heavy (non-hydrogen) atoms. The summed E-state index contributed by atoms with van der Waals surface area (Å²) in [5.74, 6) is -0.280. The Kier molecular flexibility index (Phi) is 3.81. The first kappa shape index (κ1) is 13.1. The molecular weight excluding hydrogens is 237 g/mol. The SMILES string of the molecule is C=Cc1ccccc1C(=C)Nc1ccc(C)cc1F. The van der Waals surface area contributed by atoms with Crippen molar-refractivity contribution in [1.82, 2.24) is 0 Å². The molecule has 0 unspecified atom stereocenters. The normalized spacial score (nSPS) is 10.0. The van der Waals surface area contributed by atoms with E-state index < -0.39 is 0 Å². The van der Waals surface area contributed by atoms with Gasteiger partial charge in [0, 0.05) is 11.3 Å². The molecule has 1 N–H and O–H groups in total. The largest absolute Gasteiger partial charge is 0.353 e. The van der Waals surface area contributed by atoms with E-state index in [4.69, 9.17) is 0 Å². The van der Waals surface area contributed by atoms with E-state index in [0.717, 1.165) is 16.7 Å². The van der Waals surface area contributed by atoms with Crippen molar-refractivity contribution in [2.45, 2.75) is 6.92 Å². The van der Waals surface area contributed by atoms with Crippen LogP contribution in [0.1, 0.15) is 16.7 Å². The van der Waals surface area contributed by atoms with Crippen LogP contribution in [0.5, 0.6) is 0 Å². The smallest absolute Gasteiger partial charge is 0.146 e. The summed E-state index contributed by atoms with van der Waals surface area (Å²) in [4.78, 5) is 0. The van der Waals surface area contributed by atoms with Gasteiger partial charge in [0.25, 0.3) is 0 Å². The standard InChI is InChI=1S/C17H16FN/c1-4-14-7-5-6-8-15(14)13(3)19-17-10-9-12(2)11-16(17)18/h4-11,19H,1,3H2,2H3. The Hall–Kier alpha value is -2.35. The monoisotopic (exact) mass is 253 g/mol. The topological polar surface area (TPSA) is 12.0 Å². The van der Waals surface area contributed by atoms with E-state index in [0.29, 0.717) is 11.4 Å². The van der Waals surface area contributed by atoms with Gasteiger partial charge in [0.05, 0.1) is 5.69 Å². The summed E-state index contributed by atoms with van der Waals surface area (Å²) in [5, 5.41) is 3.01. The van der Waals surface area contributed by atoms with Crippen LogP contribution in [0.2, 0.25) is 0 Å². The van der Waals surface area contributed by atoms with Gasteiger partial charge in [-0.3, -0.25) is 0 Å². The Morgan fingerprint density at radius 2 is 1.95 bits per heavy atom. The summed E-state index contributed by atoms with van der Waals surface area (Å²) in [6.07, 6.45) is 1.76. The molecule has 0 bridgehead atoms. The molecule has 96 valence electrons. The first-order chi connectivity index (χ1) is 9.11. The van der Waals surface area contributed by atoms with Crippen LogP contribution in [-0.2, 0) is 0 Å². The minimum absolute atomic E-state index is 0.280. The van der Waals surface area contributed by atoms with Gasteiger partial charge >= 0.3 is 0 Å². The Morgan fingerprint density at radius 1 is 1.21 bits per heavy atom. The molecule has 0 aromatic heterocycles. The third-order valence-electron chi connectivity index (χ3n) is 2.92. The molecule has 0 aliphatic heterocycles. The Morgan fingerprint density at radius 3 is 2.63 bits per heavy atom. The molecule has 0 aliphatic rings. The van der Waals surface area contributed by atoms with Crippen molar-refractivity contribution in [2.75, 3.05) is 5.32 Å². The molecule has 2 rings (SSSR count). The quantitative estimate of drug-likeness (QED) is 0.820. The number of halogens is 1. The van der Waals surface area contributed by atoms with E-state index in [1.54, 1.807) is 12.1 Å². The number of anilines is 1. The fraction of sp³-hybridized carbons (Fsp3) is 0.0588. The maximum absolute atomic E-state index is 13.8. The third kappa shape index (κ3) is 2.91. The summed E-state index contributed by atoms with van der Waals surface area (Å²) in [5.41, 5.74) is 3.85. The van der Waals surface area contributed by atoms with Crippen LogP contribution in [-0.4, -0.2) is 0 Å². The van der Waals surface area contributed by atoms with E-state index in [9.17, 15) is 4.39 Å². The van der Waals surface area contributed by atoms with Gasteiger partial charge in [0.2, 0.25) is 0 Å². The van der Waals surface area contributed by atoms with Gasteiger partial charge < -0.3 is 5.32 Å². The third-order valence-corrected chi connectivity index (χ3v) is 2.92. The van der Waals surface area contributed by atoms with E-state index in [1.165, 1.54) is 6.07 Å². The molecule has 0 saturated carbocycles. The van der Waals surface area contributed by atoms with Gasteiger partial charge in [-0.2, -0.15) is 0 Å². The highest BCUT2D eigenvalue weighted by atomic mass is 19.1. The predicted octanol–water partition coefficient (Wildman–Crippen LogP) is 4.86. The van der Waals surface area contributed by atoms with Crippen LogP contribution in [0.4, 0.5) is 10.1 Å². The highest BCUT2D eigenvalue weighted by Crippen LogP contribution is 2.23. The zero-order valence-electron chi connectivity index (χ0n) is 10.9. The molecule has 2 aromatic carbocycles. The molecule has 1 nitrogen and oxygen atoms in total. The summed E-state index contributed by atoms with van der Waals surface area (Å²) in [6.45, 7) is 9.59. The molecule has 0 radical (unpaired) electrons. The summed E-state index contributed by atoms with van der Waals surface area (Å²) in [6, 6.07) is 12.8. The zero-order chi connectivity index (χ0) is 13.8. The Balaban J connectivity index is 2.28. The van der Waals surface area contributed by atoms with E-state index >= 15 is 0 Å². The molecule has 0 amide bonds. The lowest BCUT2D eigenvalue weighted by molar-refractivity contribution is 0.631. The first-order valence-electron chi connectivity index (χ1n) is 6.05. The van der Waals surface area contributed by atoms with Crippen molar-refractivity contribution in [2.24, 2.45) is 0 Å². The van der Waals surface area contributed by atoms with Crippen molar-refractivity contribution in [3.63, 3.8) is 0 Å². The van der Waals surface area contributed by atoms with Crippen LogP contribution in [0, 0.1) is 12.7 Å². The molecule has 0 aliphatic carbocycles. The first-order valence-corrected chi connectivity index (χ1v) is 6.05. The maximum Gasteiger partial charge on any atom is 0.146 e. The highest BCUT2D eigenvalue weighted by Gasteiger charge is 2.06. The highest BCUT2D eigenvalue weighted by molar-refractivity contribution is 5.80. The van der Waals surface area contributed by atoms with Crippen molar-refractivity contribution < 1.29 is 4.39 Å². The van der Waals surface area contributed by atoms with Gasteiger partial charge in [0.1, 0.15) is 5.82 Å². The fourth-order valence-electron chi connectivity index (χ4n) is 1.90. The second-order valence-corrected chi connectivity index (χ2v) is 4.38. The van der Waals surface area contributed by atoms with Crippen LogP contribution < -0.4 is 5.32 Å². The van der Waals surface area contributed by atoms with Crippen molar-refractivity contribution >= 4 is 17.5 Å². The van der Waals surface area contributed by atoms with Crippen LogP contribution in [0.3, 0.4) is 0 Å². The van der Waals surface area contributed by atoms with E-state index in [-0.39, 0.29) is 5.82 Å². The van der Waals surface area contributed by atoms with Crippen molar-refractivity contribution in [3.8, 4) is 0 Å². The molecule has 0 spiro atoms. The minimum atomic E-state index is -0.280. The number of rotatable bonds is 4. The predicted molar refractivity (Wildman–Crippen MR) is 80.3 cm³/mol. The van der Waals surface area contributed by atoms with Gasteiger partial charge in [-0.25, -0.2) is 4.39 Å². The Bertz CT molecular complexity index is 629. The van der Waals surface area contributed by atoms with Crippen LogP contribution >= 0.6 is 0 Å². The van der Waals surface area contributed by atoms with Crippen LogP contribution in [0.15, 0.2) is 55.6 Å². The van der Waals surface area contributed by atoms with Gasteiger partial charge in [-0.15, -0.1) is 0 Å². The average Bonchev–Trinajstić information content (AvgIpc) is 2.41. The molecule has 0 heterocycles. The summed E-state index contributed by atoms with van der Waals surface area (Å²) in [7, 11) is 0. The Labute approximate surface area is 113 Å². The fourth-order valence-corrected chi connectivity index (χ4v) is 1.90. The average molecular weight is 253 g/mol. The van der Waals surface area contributed by atoms with Crippen molar-refractivity contribution in [1.29, 1.82) is 0 Å². The van der Waals surface area contributed by atoms with Gasteiger partial charge in [-0.05, 0) is 30.2 Å². The zero-order valence-corrected chi connectivity index (χ0v) is 10.9. The lowest BCUT2D eigenvalue weighted by Gasteiger charge is -2.13. The molecular formula is C17H16FN. The number of hydrogen-bond donors (Lipinski definition) is 1. The maximum atomic E-state index is 13.8. The molecule has 2 heteroatoms. The second kappa shape index (κ2) is 5.53. The number of nitrogens with one attached hydrogen (secondary N) is 1. The lowest BCUT2D eigenvalue weighted by Crippen LogP contribution is -2.01. The molecule has 2 aromatic rings. The molecule has 0 atom stereocenters. The van der Waals surface area contributed by atoms with E-state index in [1.807, 2.05) is 37.3 Å². The summed E-state index contributed by atoms with van der Waals surface area (Å²) >= 11 is 0. The lowest BCUT2D eigenvalue weighted by atomic mass is 10.0. The minimum Gasteiger partial charge on any atom is -0.353 e.